The van der Waals surface area contributed by atoms with Crippen molar-refractivity contribution in [3.8, 4) is 0 Å². The molecule has 1 amide bonds. The standard InChI is InChI=1S/C16H24N2O/c1-5-14-8-6-7-9-15(14)17-16(19)12-18(4)11-10-13(2)3/h6-10H,5,11-12H2,1-4H3,(H,17,19). The van der Waals surface area contributed by atoms with Crippen molar-refractivity contribution < 1.29 is 4.79 Å². The zero-order chi connectivity index (χ0) is 14.3. The Bertz CT molecular complexity index is 448. The van der Waals surface area contributed by atoms with E-state index in [-0.39, 0.29) is 5.91 Å². The van der Waals surface area contributed by atoms with Gasteiger partial charge in [-0.1, -0.05) is 36.8 Å². The van der Waals surface area contributed by atoms with Gasteiger partial charge in [-0.25, -0.2) is 0 Å². The molecule has 1 aromatic carbocycles. The molecule has 0 unspecified atom stereocenters. The first kappa shape index (κ1) is 15.4. The largest absolute Gasteiger partial charge is 0.325 e. The van der Waals surface area contributed by atoms with Crippen molar-refractivity contribution >= 4 is 11.6 Å². The van der Waals surface area contributed by atoms with Gasteiger partial charge in [0.1, 0.15) is 0 Å². The first-order valence-electron chi connectivity index (χ1n) is 6.72. The van der Waals surface area contributed by atoms with Crippen LogP contribution in [0.2, 0.25) is 0 Å². The zero-order valence-corrected chi connectivity index (χ0v) is 12.4. The Hall–Kier alpha value is -1.61. The summed E-state index contributed by atoms with van der Waals surface area (Å²) in [6.45, 7) is 7.41. The monoisotopic (exact) mass is 260 g/mol. The molecule has 19 heavy (non-hydrogen) atoms. The number of likely N-dealkylation sites (N-methyl/N-ethyl adjacent to an activating group) is 1. The Labute approximate surface area is 116 Å². The molecule has 104 valence electrons. The van der Waals surface area contributed by atoms with Crippen LogP contribution in [0, 0.1) is 0 Å². The maximum absolute atomic E-state index is 12.0. The number of hydrogen-bond donors (Lipinski definition) is 1. The molecule has 0 atom stereocenters. The third-order valence-corrected chi connectivity index (χ3v) is 2.90. The van der Waals surface area contributed by atoms with Crippen LogP contribution < -0.4 is 5.32 Å². The van der Waals surface area contributed by atoms with E-state index in [0.29, 0.717) is 6.54 Å². The van der Waals surface area contributed by atoms with Crippen molar-refractivity contribution in [3.05, 3.63) is 41.5 Å². The first-order chi connectivity index (χ1) is 9.02. The molecule has 1 aromatic rings. The first-order valence-corrected chi connectivity index (χ1v) is 6.72. The Balaban J connectivity index is 2.53. The maximum Gasteiger partial charge on any atom is 0.238 e. The molecule has 0 saturated heterocycles. The maximum atomic E-state index is 12.0. The van der Waals surface area contributed by atoms with Crippen molar-refractivity contribution in [2.24, 2.45) is 0 Å². The highest BCUT2D eigenvalue weighted by molar-refractivity contribution is 5.92. The number of amides is 1. The summed E-state index contributed by atoms with van der Waals surface area (Å²) in [5.74, 6) is 0.0329. The van der Waals surface area contributed by atoms with Gasteiger partial charge >= 0.3 is 0 Å². The highest BCUT2D eigenvalue weighted by atomic mass is 16.2. The molecule has 0 spiro atoms. The van der Waals surface area contributed by atoms with Gasteiger partial charge < -0.3 is 5.32 Å². The quantitative estimate of drug-likeness (QED) is 0.797. The van der Waals surface area contributed by atoms with Crippen LogP contribution in [0.25, 0.3) is 0 Å². The average molecular weight is 260 g/mol. The van der Waals surface area contributed by atoms with E-state index in [0.717, 1.165) is 18.7 Å². The SMILES string of the molecule is CCc1ccccc1NC(=O)CN(C)CC=C(C)C. The van der Waals surface area contributed by atoms with E-state index in [2.05, 4.69) is 32.2 Å². The molecule has 0 bridgehead atoms. The Morgan fingerprint density at radius 3 is 2.63 bits per heavy atom. The predicted octanol–water partition coefficient (Wildman–Crippen LogP) is 3.09. The van der Waals surface area contributed by atoms with Crippen LogP contribution in [0.15, 0.2) is 35.9 Å². The molecule has 1 rings (SSSR count). The molecule has 0 fully saturated rings. The number of carbonyl (C=O) groups excluding carboxylic acids is 1. The topological polar surface area (TPSA) is 32.3 Å². The summed E-state index contributed by atoms with van der Waals surface area (Å²) < 4.78 is 0. The van der Waals surface area contributed by atoms with Crippen LogP contribution in [0.5, 0.6) is 0 Å². The highest BCUT2D eigenvalue weighted by Crippen LogP contribution is 2.15. The predicted molar refractivity (Wildman–Crippen MR) is 81.4 cm³/mol. The number of nitrogens with zero attached hydrogens (tertiary/aromatic N) is 1. The van der Waals surface area contributed by atoms with Crippen LogP contribution in [-0.4, -0.2) is 30.9 Å². The highest BCUT2D eigenvalue weighted by Gasteiger charge is 2.07. The van der Waals surface area contributed by atoms with Gasteiger partial charge in [-0.3, -0.25) is 9.69 Å². The minimum Gasteiger partial charge on any atom is -0.325 e. The Morgan fingerprint density at radius 1 is 1.32 bits per heavy atom. The van der Waals surface area contributed by atoms with E-state index in [4.69, 9.17) is 0 Å². The van der Waals surface area contributed by atoms with Gasteiger partial charge in [-0.05, 0) is 38.9 Å². The van der Waals surface area contributed by atoms with E-state index in [9.17, 15) is 4.79 Å². The molecular formula is C16H24N2O. The van der Waals surface area contributed by atoms with Gasteiger partial charge in [-0.2, -0.15) is 0 Å². The lowest BCUT2D eigenvalue weighted by molar-refractivity contribution is -0.116. The molecule has 3 heteroatoms. The fraction of sp³-hybridized carbons (Fsp3) is 0.438. The number of para-hydroxylation sites is 1. The third-order valence-electron chi connectivity index (χ3n) is 2.90. The number of hydrogen-bond acceptors (Lipinski definition) is 2. The smallest absolute Gasteiger partial charge is 0.238 e. The molecule has 0 aliphatic heterocycles. The second-order valence-corrected chi connectivity index (χ2v) is 5.04. The van der Waals surface area contributed by atoms with Crippen LogP contribution in [0.1, 0.15) is 26.3 Å². The average Bonchev–Trinajstić information content (AvgIpc) is 2.37. The molecule has 0 heterocycles. The summed E-state index contributed by atoms with van der Waals surface area (Å²) in [6.07, 6.45) is 3.04. The Morgan fingerprint density at radius 2 is 2.00 bits per heavy atom. The van der Waals surface area contributed by atoms with Gasteiger partial charge in [0.15, 0.2) is 0 Å². The molecule has 0 saturated carbocycles. The molecule has 0 aliphatic carbocycles. The minimum atomic E-state index is 0.0329. The number of allylic oxidation sites excluding steroid dienone is 1. The van der Waals surface area contributed by atoms with E-state index in [1.54, 1.807) is 0 Å². The van der Waals surface area contributed by atoms with Gasteiger partial charge in [0.05, 0.1) is 6.54 Å². The van der Waals surface area contributed by atoms with E-state index < -0.39 is 0 Å². The van der Waals surface area contributed by atoms with Gasteiger partial charge in [0, 0.05) is 12.2 Å². The lowest BCUT2D eigenvalue weighted by Crippen LogP contribution is -2.30. The molecule has 1 N–H and O–H groups in total. The number of anilines is 1. The van der Waals surface area contributed by atoms with Crippen molar-refractivity contribution in [2.45, 2.75) is 27.2 Å². The van der Waals surface area contributed by atoms with Crippen molar-refractivity contribution in [3.63, 3.8) is 0 Å². The van der Waals surface area contributed by atoms with Crippen LogP contribution in [0.3, 0.4) is 0 Å². The summed E-state index contributed by atoms with van der Waals surface area (Å²) in [6, 6.07) is 7.94. The van der Waals surface area contributed by atoms with E-state index in [1.165, 1.54) is 11.1 Å². The summed E-state index contributed by atoms with van der Waals surface area (Å²) in [7, 11) is 1.95. The lowest BCUT2D eigenvalue weighted by Gasteiger charge is -2.15. The van der Waals surface area contributed by atoms with Crippen molar-refractivity contribution in [2.75, 3.05) is 25.5 Å². The lowest BCUT2D eigenvalue weighted by atomic mass is 10.1. The number of carbonyl (C=O) groups is 1. The molecule has 0 radical (unpaired) electrons. The van der Waals surface area contributed by atoms with Crippen LogP contribution >= 0.6 is 0 Å². The Kier molecular flexibility index (Phi) is 6.30. The zero-order valence-electron chi connectivity index (χ0n) is 12.4. The summed E-state index contributed by atoms with van der Waals surface area (Å²) in [5, 5.41) is 2.98. The fourth-order valence-corrected chi connectivity index (χ4v) is 1.79. The fourth-order valence-electron chi connectivity index (χ4n) is 1.79. The molecule has 3 nitrogen and oxygen atoms in total. The number of rotatable bonds is 6. The number of nitrogens with one attached hydrogen (secondary N) is 1. The minimum absolute atomic E-state index is 0.0329. The van der Waals surface area contributed by atoms with Gasteiger partial charge in [0.25, 0.3) is 0 Å². The number of benzene rings is 1. The second-order valence-electron chi connectivity index (χ2n) is 5.04. The normalized spacial score (nSPS) is 10.4. The summed E-state index contributed by atoms with van der Waals surface area (Å²) in [5.41, 5.74) is 3.36. The molecule has 0 aliphatic rings. The van der Waals surface area contributed by atoms with E-state index in [1.807, 2.05) is 36.2 Å². The molecular weight excluding hydrogens is 236 g/mol. The van der Waals surface area contributed by atoms with Crippen LogP contribution in [-0.2, 0) is 11.2 Å². The van der Waals surface area contributed by atoms with Gasteiger partial charge in [-0.15, -0.1) is 0 Å². The number of aryl methyl sites for hydroxylation is 1. The second kappa shape index (κ2) is 7.74. The summed E-state index contributed by atoms with van der Waals surface area (Å²) >= 11 is 0. The molecule has 0 aromatic heterocycles. The van der Waals surface area contributed by atoms with Crippen molar-refractivity contribution in [1.29, 1.82) is 0 Å². The van der Waals surface area contributed by atoms with E-state index >= 15 is 0 Å². The van der Waals surface area contributed by atoms with Crippen LogP contribution in [0.4, 0.5) is 5.69 Å². The van der Waals surface area contributed by atoms with Gasteiger partial charge in [0.2, 0.25) is 5.91 Å². The summed E-state index contributed by atoms with van der Waals surface area (Å²) in [4.78, 5) is 14.0. The third kappa shape index (κ3) is 5.71. The van der Waals surface area contributed by atoms with Crippen molar-refractivity contribution in [1.82, 2.24) is 4.90 Å².